The second-order valence-corrected chi connectivity index (χ2v) is 5.18. The number of methoxy groups -OCH3 is 2. The van der Waals surface area contributed by atoms with Crippen molar-refractivity contribution in [3.8, 4) is 11.5 Å². The maximum Gasteiger partial charge on any atom is 0.312 e. The number of benzene rings is 2. The molecule has 6 nitrogen and oxygen atoms in total. The zero-order valence-corrected chi connectivity index (χ0v) is 13.6. The van der Waals surface area contributed by atoms with Crippen LogP contribution >= 0.6 is 0 Å². The van der Waals surface area contributed by atoms with Crippen molar-refractivity contribution in [2.45, 2.75) is 6.42 Å². The molecule has 0 aliphatic heterocycles. The number of carbonyl (C=O) groups is 1. The third-order valence-corrected chi connectivity index (χ3v) is 3.54. The smallest absolute Gasteiger partial charge is 0.312 e. The van der Waals surface area contributed by atoms with E-state index in [4.69, 9.17) is 15.2 Å². The summed E-state index contributed by atoms with van der Waals surface area (Å²) < 4.78 is 10.4. The van der Waals surface area contributed by atoms with Gasteiger partial charge in [0.25, 0.3) is 0 Å². The third kappa shape index (κ3) is 4.25. The second-order valence-electron chi connectivity index (χ2n) is 5.18. The number of nitrogens with zero attached hydrogens (tertiary/aromatic N) is 1. The number of nitrogen functional groups attached to an aromatic ring is 1. The van der Waals surface area contributed by atoms with Gasteiger partial charge in [-0.15, -0.1) is 0 Å². The van der Waals surface area contributed by atoms with Gasteiger partial charge in [0.05, 0.1) is 25.8 Å². The minimum Gasteiger partial charge on any atom is -0.494 e. The molecule has 0 saturated carbocycles. The summed E-state index contributed by atoms with van der Waals surface area (Å²) in [4.78, 5) is 15.8. The molecular formula is C18H20N2O4. The largest absolute Gasteiger partial charge is 0.494 e. The summed E-state index contributed by atoms with van der Waals surface area (Å²) in [5.74, 6) is -0.824. The van der Waals surface area contributed by atoms with Crippen molar-refractivity contribution >= 4 is 23.6 Å². The van der Waals surface area contributed by atoms with Gasteiger partial charge in [-0.2, -0.15) is 0 Å². The fraction of sp³-hybridized carbons (Fsp3) is 0.222. The highest BCUT2D eigenvalue weighted by Crippen LogP contribution is 2.33. The van der Waals surface area contributed by atoms with Crippen molar-refractivity contribution in [2.24, 2.45) is 10.9 Å². The van der Waals surface area contributed by atoms with Gasteiger partial charge in [0, 0.05) is 6.21 Å². The van der Waals surface area contributed by atoms with Gasteiger partial charge in [-0.05, 0) is 36.2 Å². The molecule has 0 saturated heterocycles. The average Bonchev–Trinajstić information content (AvgIpc) is 2.60. The van der Waals surface area contributed by atoms with Gasteiger partial charge in [-0.3, -0.25) is 9.79 Å². The fourth-order valence-corrected chi connectivity index (χ4v) is 2.26. The molecule has 2 aromatic carbocycles. The van der Waals surface area contributed by atoms with Crippen LogP contribution in [0, 0.1) is 5.92 Å². The number of carboxylic acid groups (broad SMARTS) is 1. The molecule has 6 heteroatoms. The van der Waals surface area contributed by atoms with Crippen LogP contribution in [0.15, 0.2) is 47.5 Å². The monoisotopic (exact) mass is 328 g/mol. The van der Waals surface area contributed by atoms with Crippen molar-refractivity contribution in [3.05, 3.63) is 48.0 Å². The summed E-state index contributed by atoms with van der Waals surface area (Å²) in [7, 11) is 3.00. The number of para-hydroxylation sites is 1. The number of nitrogens with two attached hydrogens (primary N) is 1. The van der Waals surface area contributed by atoms with E-state index in [0.717, 1.165) is 5.56 Å². The number of aliphatic carboxylic acids is 1. The summed E-state index contributed by atoms with van der Waals surface area (Å²) in [6, 6.07) is 12.6. The lowest BCUT2D eigenvalue weighted by molar-refractivity contribution is -0.139. The summed E-state index contributed by atoms with van der Waals surface area (Å²) in [5.41, 5.74) is 7.73. The van der Waals surface area contributed by atoms with E-state index >= 15 is 0 Å². The number of hydrogen-bond acceptors (Lipinski definition) is 5. The number of rotatable bonds is 7. The van der Waals surface area contributed by atoms with Gasteiger partial charge < -0.3 is 20.3 Å². The van der Waals surface area contributed by atoms with Gasteiger partial charge >= 0.3 is 5.97 Å². The molecule has 0 aliphatic carbocycles. The lowest BCUT2D eigenvalue weighted by Gasteiger charge is -2.13. The highest BCUT2D eigenvalue weighted by Gasteiger charge is 2.18. The number of ether oxygens (including phenoxy) is 2. The Morgan fingerprint density at radius 1 is 1.21 bits per heavy atom. The first kappa shape index (κ1) is 17.3. The van der Waals surface area contributed by atoms with Crippen LogP contribution in [0.3, 0.4) is 0 Å². The lowest BCUT2D eigenvalue weighted by Crippen LogP contribution is -2.18. The van der Waals surface area contributed by atoms with Gasteiger partial charge in [0.1, 0.15) is 17.2 Å². The van der Waals surface area contributed by atoms with Crippen LogP contribution in [0.5, 0.6) is 11.5 Å². The molecule has 2 aromatic rings. The van der Waals surface area contributed by atoms with E-state index < -0.39 is 11.9 Å². The molecule has 0 bridgehead atoms. The number of carboxylic acids is 1. The molecule has 0 amide bonds. The summed E-state index contributed by atoms with van der Waals surface area (Å²) in [6.07, 6.45) is 1.69. The van der Waals surface area contributed by atoms with Crippen LogP contribution in [-0.2, 0) is 11.2 Å². The van der Waals surface area contributed by atoms with Gasteiger partial charge in [0.15, 0.2) is 0 Å². The average molecular weight is 328 g/mol. The van der Waals surface area contributed by atoms with Crippen LogP contribution < -0.4 is 15.2 Å². The number of aliphatic imine (C=N–C) groups is 1. The maximum atomic E-state index is 11.5. The normalized spacial score (nSPS) is 12.1. The Balaban J connectivity index is 2.25. The molecule has 0 aromatic heterocycles. The van der Waals surface area contributed by atoms with E-state index in [1.807, 2.05) is 30.3 Å². The third-order valence-electron chi connectivity index (χ3n) is 3.54. The Hall–Kier alpha value is -3.02. The quantitative estimate of drug-likeness (QED) is 0.602. The van der Waals surface area contributed by atoms with Crippen LogP contribution in [0.1, 0.15) is 5.56 Å². The lowest BCUT2D eigenvalue weighted by atomic mass is 9.99. The minimum absolute atomic E-state index is 0.249. The van der Waals surface area contributed by atoms with E-state index in [1.54, 1.807) is 12.1 Å². The van der Waals surface area contributed by atoms with Crippen molar-refractivity contribution in [1.29, 1.82) is 0 Å². The molecule has 126 valence electrons. The number of hydrogen-bond donors (Lipinski definition) is 2. The Bertz CT molecular complexity index is 704. The van der Waals surface area contributed by atoms with Gasteiger partial charge in [-0.1, -0.05) is 18.2 Å². The molecule has 1 atom stereocenters. The number of anilines is 1. The molecule has 0 radical (unpaired) electrons. The van der Waals surface area contributed by atoms with E-state index in [-0.39, 0.29) is 6.42 Å². The molecule has 0 heterocycles. The highest BCUT2D eigenvalue weighted by atomic mass is 16.5. The summed E-state index contributed by atoms with van der Waals surface area (Å²) in [5, 5.41) is 9.44. The first-order chi connectivity index (χ1) is 11.5. The Morgan fingerprint density at radius 3 is 2.29 bits per heavy atom. The standard InChI is InChI=1S/C18H20N2O4/c1-23-15-9-12(10-16(24-2)17(15)19)8-13(18(21)22)11-20-14-6-4-3-5-7-14/h3-7,9-11,13H,8,19H2,1-2H3,(H,21,22). The van der Waals surface area contributed by atoms with E-state index in [9.17, 15) is 9.90 Å². The van der Waals surface area contributed by atoms with Crippen LogP contribution in [0.2, 0.25) is 0 Å². The molecular weight excluding hydrogens is 308 g/mol. The van der Waals surface area contributed by atoms with Gasteiger partial charge in [-0.25, -0.2) is 0 Å². The SMILES string of the molecule is COc1cc(CC(C=Nc2ccccc2)C(=O)O)cc(OC)c1N. The second kappa shape index (κ2) is 8.01. The Morgan fingerprint density at radius 2 is 1.79 bits per heavy atom. The minimum atomic E-state index is -0.954. The molecule has 1 unspecified atom stereocenters. The first-order valence-electron chi connectivity index (χ1n) is 7.37. The maximum absolute atomic E-state index is 11.5. The van der Waals surface area contributed by atoms with Gasteiger partial charge in [0.2, 0.25) is 0 Å². The Labute approximate surface area is 140 Å². The molecule has 0 spiro atoms. The van der Waals surface area contributed by atoms with Crippen molar-refractivity contribution < 1.29 is 19.4 Å². The zero-order valence-electron chi connectivity index (χ0n) is 13.6. The molecule has 0 aliphatic rings. The van der Waals surface area contributed by atoms with E-state index in [1.165, 1.54) is 20.4 Å². The molecule has 3 N–H and O–H groups in total. The van der Waals surface area contributed by atoms with E-state index in [2.05, 4.69) is 4.99 Å². The predicted molar refractivity (Wildman–Crippen MR) is 93.4 cm³/mol. The Kier molecular flexibility index (Phi) is 5.78. The van der Waals surface area contributed by atoms with Crippen LogP contribution in [-0.4, -0.2) is 31.5 Å². The van der Waals surface area contributed by atoms with Crippen LogP contribution in [0.25, 0.3) is 0 Å². The topological polar surface area (TPSA) is 94.1 Å². The molecule has 0 fully saturated rings. The summed E-state index contributed by atoms with van der Waals surface area (Å²) in [6.45, 7) is 0. The van der Waals surface area contributed by atoms with Crippen LogP contribution in [0.4, 0.5) is 11.4 Å². The highest BCUT2D eigenvalue weighted by molar-refractivity contribution is 5.90. The molecule has 24 heavy (non-hydrogen) atoms. The zero-order chi connectivity index (χ0) is 17.5. The van der Waals surface area contributed by atoms with Crippen molar-refractivity contribution in [1.82, 2.24) is 0 Å². The van der Waals surface area contributed by atoms with Crippen molar-refractivity contribution in [2.75, 3.05) is 20.0 Å². The fourth-order valence-electron chi connectivity index (χ4n) is 2.26. The predicted octanol–water partition coefficient (Wildman–Crippen LogP) is 2.93. The first-order valence-corrected chi connectivity index (χ1v) is 7.37. The molecule has 2 rings (SSSR count). The summed E-state index contributed by atoms with van der Waals surface area (Å²) >= 11 is 0. The van der Waals surface area contributed by atoms with E-state index in [0.29, 0.717) is 22.9 Å². The van der Waals surface area contributed by atoms with Crippen molar-refractivity contribution in [3.63, 3.8) is 0 Å².